The molecular formula is C13H26. The highest BCUT2D eigenvalue weighted by molar-refractivity contribution is 5.31. The van der Waals surface area contributed by atoms with Gasteiger partial charge in [-0.05, 0) is 50.7 Å². The highest BCUT2D eigenvalue weighted by atomic mass is 14.1. The molecule has 0 atom stereocenters. The molecule has 78 valence electrons. The summed E-state index contributed by atoms with van der Waals surface area (Å²) in [5, 5.41) is 0. The fraction of sp³-hybridized carbons (Fsp3) is 0.692. The molecule has 0 aromatic carbocycles. The van der Waals surface area contributed by atoms with Crippen molar-refractivity contribution in [1.82, 2.24) is 0 Å². The highest BCUT2D eigenvalue weighted by Gasteiger charge is 2.08. The van der Waals surface area contributed by atoms with Gasteiger partial charge in [0.2, 0.25) is 0 Å². The van der Waals surface area contributed by atoms with E-state index in [1.54, 1.807) is 11.1 Å². The van der Waals surface area contributed by atoms with E-state index in [0.29, 0.717) is 0 Å². The van der Waals surface area contributed by atoms with Crippen molar-refractivity contribution in [3.8, 4) is 0 Å². The molecule has 0 radical (unpaired) electrons. The van der Waals surface area contributed by atoms with Crippen LogP contribution in [0.3, 0.4) is 0 Å². The molecule has 13 heavy (non-hydrogen) atoms. The number of rotatable bonds is 0. The molecule has 0 amide bonds. The molecule has 0 unspecified atom stereocenters. The Morgan fingerprint density at radius 3 is 1.38 bits per heavy atom. The van der Waals surface area contributed by atoms with Crippen LogP contribution in [-0.4, -0.2) is 0 Å². The monoisotopic (exact) mass is 182 g/mol. The highest BCUT2D eigenvalue weighted by Crippen LogP contribution is 2.27. The lowest BCUT2D eigenvalue weighted by Gasteiger charge is -2.16. The van der Waals surface area contributed by atoms with Crippen LogP contribution in [0.5, 0.6) is 0 Å². The summed E-state index contributed by atoms with van der Waals surface area (Å²) in [4.78, 5) is 0. The van der Waals surface area contributed by atoms with Gasteiger partial charge in [0.25, 0.3) is 0 Å². The Morgan fingerprint density at radius 1 is 0.846 bits per heavy atom. The van der Waals surface area contributed by atoms with E-state index in [1.807, 2.05) is 13.8 Å². The molecule has 0 nitrogen and oxygen atoms in total. The van der Waals surface area contributed by atoms with Crippen LogP contribution in [0.1, 0.15) is 60.8 Å². The second kappa shape index (κ2) is 9.57. The summed E-state index contributed by atoms with van der Waals surface area (Å²) in [5.41, 5.74) is 3.16. The Hall–Kier alpha value is -0.520. The Bertz CT molecular complexity index is 141. The first kappa shape index (κ1) is 15.0. The number of hydrogen-bond donors (Lipinski definition) is 0. The van der Waals surface area contributed by atoms with E-state index < -0.39 is 0 Å². The van der Waals surface area contributed by atoms with E-state index in [4.69, 9.17) is 0 Å². The Balaban J connectivity index is 0. The number of allylic oxidation sites excluding steroid dienone is 4. The minimum Gasteiger partial charge on any atom is -0.0842 e. The summed E-state index contributed by atoms with van der Waals surface area (Å²) in [7, 11) is 0. The van der Waals surface area contributed by atoms with Gasteiger partial charge in [0.05, 0.1) is 0 Å². The van der Waals surface area contributed by atoms with Crippen LogP contribution < -0.4 is 0 Å². The van der Waals surface area contributed by atoms with Crippen LogP contribution in [0.15, 0.2) is 23.3 Å². The summed E-state index contributed by atoms with van der Waals surface area (Å²) >= 11 is 0. The molecule has 0 saturated heterocycles. The van der Waals surface area contributed by atoms with Gasteiger partial charge in [0, 0.05) is 0 Å². The van der Waals surface area contributed by atoms with Crippen molar-refractivity contribution in [2.45, 2.75) is 60.8 Å². The maximum atomic E-state index is 2.26. The first-order valence-corrected chi connectivity index (χ1v) is 5.19. The third-order valence-electron chi connectivity index (χ3n) is 2.25. The summed E-state index contributed by atoms with van der Waals surface area (Å²) < 4.78 is 0. The largest absolute Gasteiger partial charge is 0.0842 e. The topological polar surface area (TPSA) is 0 Å². The Labute approximate surface area is 84.7 Å². The summed E-state index contributed by atoms with van der Waals surface area (Å²) in [6.45, 7) is 8.29. The van der Waals surface area contributed by atoms with Crippen molar-refractivity contribution in [3.05, 3.63) is 23.3 Å². The van der Waals surface area contributed by atoms with E-state index in [1.165, 1.54) is 25.7 Å². The van der Waals surface area contributed by atoms with Crippen LogP contribution in [0, 0.1) is 0 Å². The summed E-state index contributed by atoms with van der Waals surface area (Å²) in [6.07, 6.45) is 9.89. The average Bonchev–Trinajstić information content (AvgIpc) is 2.20. The molecule has 1 aliphatic rings. The molecule has 1 saturated carbocycles. The third kappa shape index (κ3) is 4.92. The zero-order chi connectivity index (χ0) is 9.40. The third-order valence-corrected chi connectivity index (χ3v) is 2.25. The lowest BCUT2D eigenvalue weighted by molar-refractivity contribution is 0.677. The lowest BCUT2D eigenvalue weighted by Crippen LogP contribution is -1.97. The first-order chi connectivity index (χ1) is 5.88. The fourth-order valence-corrected chi connectivity index (χ4v) is 1.61. The minimum absolute atomic E-state index is 0. The van der Waals surface area contributed by atoms with Crippen molar-refractivity contribution < 1.29 is 0 Å². The van der Waals surface area contributed by atoms with Crippen molar-refractivity contribution in [3.63, 3.8) is 0 Å². The van der Waals surface area contributed by atoms with Gasteiger partial charge in [0.15, 0.2) is 0 Å². The zero-order valence-corrected chi connectivity index (χ0v) is 8.98. The fourth-order valence-electron chi connectivity index (χ4n) is 1.61. The van der Waals surface area contributed by atoms with Gasteiger partial charge in [-0.25, -0.2) is 0 Å². The standard InChI is InChI=1S/C10H16.C2H6.CH4/c1-3-9-7-5-6-8-10(9)4-2;1-2;/h3-4H,5-8H2,1-2H3;1-2H3;1H4/b9-3-,10-4-;;. The van der Waals surface area contributed by atoms with Gasteiger partial charge in [-0.2, -0.15) is 0 Å². The second-order valence-corrected chi connectivity index (χ2v) is 2.83. The molecule has 0 aliphatic heterocycles. The van der Waals surface area contributed by atoms with Crippen LogP contribution in [0.2, 0.25) is 0 Å². The van der Waals surface area contributed by atoms with Crippen molar-refractivity contribution in [1.29, 1.82) is 0 Å². The summed E-state index contributed by atoms with van der Waals surface area (Å²) in [5.74, 6) is 0. The van der Waals surface area contributed by atoms with Crippen LogP contribution >= 0.6 is 0 Å². The number of hydrogen-bond acceptors (Lipinski definition) is 0. The first-order valence-electron chi connectivity index (χ1n) is 5.19. The SMILES string of the molecule is C.C/C=C1/CCCC/C1=C/C.CC. The van der Waals surface area contributed by atoms with Crippen LogP contribution in [-0.2, 0) is 0 Å². The molecule has 0 aromatic heterocycles. The van der Waals surface area contributed by atoms with Gasteiger partial charge < -0.3 is 0 Å². The molecule has 0 heterocycles. The maximum Gasteiger partial charge on any atom is -0.0279 e. The quantitative estimate of drug-likeness (QED) is 0.488. The average molecular weight is 182 g/mol. The molecule has 0 N–H and O–H groups in total. The molecule has 0 bridgehead atoms. The van der Waals surface area contributed by atoms with Gasteiger partial charge >= 0.3 is 0 Å². The van der Waals surface area contributed by atoms with E-state index in [0.717, 1.165) is 0 Å². The Kier molecular flexibility index (Phi) is 11.0. The van der Waals surface area contributed by atoms with Gasteiger partial charge in [-0.1, -0.05) is 33.4 Å². The van der Waals surface area contributed by atoms with Gasteiger partial charge in [-0.3, -0.25) is 0 Å². The lowest BCUT2D eigenvalue weighted by atomic mass is 9.89. The van der Waals surface area contributed by atoms with Crippen LogP contribution in [0.25, 0.3) is 0 Å². The smallest absolute Gasteiger partial charge is 0.0279 e. The van der Waals surface area contributed by atoms with Crippen molar-refractivity contribution >= 4 is 0 Å². The molecule has 1 fully saturated rings. The predicted octanol–water partition coefficient (Wildman–Crippen LogP) is 5.12. The Morgan fingerprint density at radius 2 is 1.15 bits per heavy atom. The zero-order valence-electron chi connectivity index (χ0n) is 8.98. The van der Waals surface area contributed by atoms with Gasteiger partial charge in [-0.15, -0.1) is 0 Å². The summed E-state index contributed by atoms with van der Waals surface area (Å²) in [6, 6.07) is 0. The van der Waals surface area contributed by atoms with Gasteiger partial charge in [0.1, 0.15) is 0 Å². The normalized spacial score (nSPS) is 21.8. The maximum absolute atomic E-state index is 2.26. The molecule has 1 rings (SSSR count). The van der Waals surface area contributed by atoms with Crippen LogP contribution in [0.4, 0.5) is 0 Å². The second-order valence-electron chi connectivity index (χ2n) is 2.83. The minimum atomic E-state index is 0. The van der Waals surface area contributed by atoms with Crippen molar-refractivity contribution in [2.24, 2.45) is 0 Å². The van der Waals surface area contributed by atoms with E-state index in [9.17, 15) is 0 Å². The molecule has 1 aliphatic carbocycles. The molecule has 0 aromatic rings. The van der Waals surface area contributed by atoms with E-state index in [-0.39, 0.29) is 7.43 Å². The molecule has 0 heteroatoms. The van der Waals surface area contributed by atoms with E-state index >= 15 is 0 Å². The predicted molar refractivity (Wildman–Crippen MR) is 64.1 cm³/mol. The molecular weight excluding hydrogens is 156 g/mol. The van der Waals surface area contributed by atoms with E-state index in [2.05, 4.69) is 26.0 Å². The molecule has 0 spiro atoms. The van der Waals surface area contributed by atoms with Crippen molar-refractivity contribution in [2.75, 3.05) is 0 Å².